The van der Waals surface area contributed by atoms with Crippen LogP contribution >= 0.6 is 0 Å². The van der Waals surface area contributed by atoms with Crippen molar-refractivity contribution in [2.45, 2.75) is 70.6 Å². The molecule has 3 rings (SSSR count). The second-order valence-electron chi connectivity index (χ2n) is 8.30. The number of ether oxygens (including phenoxy) is 1. The maximum absolute atomic E-state index is 12.4. The number of carbonyl (C=O) groups is 1. The number of fused-ring (bicyclic) bond motifs is 2. The van der Waals surface area contributed by atoms with Crippen LogP contribution in [0.2, 0.25) is 0 Å². The van der Waals surface area contributed by atoms with Crippen LogP contribution in [-0.4, -0.2) is 28.6 Å². The highest BCUT2D eigenvalue weighted by Crippen LogP contribution is 2.51. The van der Waals surface area contributed by atoms with E-state index in [4.69, 9.17) is 4.74 Å². The van der Waals surface area contributed by atoms with Gasteiger partial charge in [0, 0.05) is 12.1 Å². The summed E-state index contributed by atoms with van der Waals surface area (Å²) >= 11 is 0. The van der Waals surface area contributed by atoms with Gasteiger partial charge in [-0.2, -0.15) is 0 Å². The van der Waals surface area contributed by atoms with Crippen LogP contribution in [0.3, 0.4) is 0 Å². The summed E-state index contributed by atoms with van der Waals surface area (Å²) in [6, 6.07) is 10.5. The van der Waals surface area contributed by atoms with Crippen LogP contribution in [0.15, 0.2) is 30.3 Å². The van der Waals surface area contributed by atoms with E-state index in [9.17, 15) is 4.79 Å². The van der Waals surface area contributed by atoms with Crippen LogP contribution in [0.4, 0.5) is 0 Å². The summed E-state index contributed by atoms with van der Waals surface area (Å²) in [6.07, 6.45) is 6.35. The predicted molar refractivity (Wildman–Crippen MR) is 92.0 cm³/mol. The first-order chi connectivity index (χ1) is 10.9. The summed E-state index contributed by atoms with van der Waals surface area (Å²) in [5.74, 6) is 0.769. The lowest BCUT2D eigenvalue weighted by Crippen LogP contribution is -2.48. The van der Waals surface area contributed by atoms with Gasteiger partial charge in [-0.15, -0.1) is 0 Å². The Labute approximate surface area is 140 Å². The van der Waals surface area contributed by atoms with Crippen LogP contribution < -0.4 is 0 Å². The van der Waals surface area contributed by atoms with E-state index >= 15 is 0 Å². The maximum Gasteiger partial charge on any atom is 0.320 e. The molecule has 1 aromatic rings. The Hall–Kier alpha value is -1.35. The number of hydrogen-bond acceptors (Lipinski definition) is 3. The molecule has 2 aliphatic carbocycles. The SMILES string of the molecule is CC(C)(C)OC(=O)CN(Cc1ccccc1)C12CCC(CC1)C2. The van der Waals surface area contributed by atoms with Crippen molar-refractivity contribution in [1.82, 2.24) is 4.90 Å². The third-order valence-electron chi connectivity index (χ3n) is 5.33. The molecule has 3 nitrogen and oxygen atoms in total. The van der Waals surface area contributed by atoms with Gasteiger partial charge in [-0.05, 0) is 64.4 Å². The minimum absolute atomic E-state index is 0.0989. The fraction of sp³-hybridized carbons (Fsp3) is 0.650. The highest BCUT2D eigenvalue weighted by molar-refractivity contribution is 5.72. The van der Waals surface area contributed by atoms with Crippen LogP contribution in [0.1, 0.15) is 58.4 Å². The minimum Gasteiger partial charge on any atom is -0.459 e. The quantitative estimate of drug-likeness (QED) is 0.764. The maximum atomic E-state index is 12.4. The van der Waals surface area contributed by atoms with Gasteiger partial charge in [0.05, 0.1) is 6.54 Å². The van der Waals surface area contributed by atoms with E-state index in [0.717, 1.165) is 12.5 Å². The number of rotatable bonds is 5. The fourth-order valence-corrected chi connectivity index (χ4v) is 4.33. The zero-order valence-corrected chi connectivity index (χ0v) is 14.7. The van der Waals surface area contributed by atoms with E-state index in [1.165, 1.54) is 37.7 Å². The standard InChI is InChI=1S/C20H29NO2/c1-19(2,3)23-18(22)15-21(14-17-7-5-4-6-8-17)20-11-9-16(13-20)10-12-20/h4-8,16H,9-15H2,1-3H3. The third kappa shape index (κ3) is 3.95. The Morgan fingerprint density at radius 3 is 2.39 bits per heavy atom. The van der Waals surface area contributed by atoms with Crippen molar-refractivity contribution in [1.29, 1.82) is 0 Å². The zero-order chi connectivity index (χ0) is 16.5. The van der Waals surface area contributed by atoms with E-state index in [-0.39, 0.29) is 11.5 Å². The molecule has 1 aromatic carbocycles. The zero-order valence-electron chi connectivity index (χ0n) is 14.7. The third-order valence-corrected chi connectivity index (χ3v) is 5.33. The second kappa shape index (κ2) is 6.27. The Morgan fingerprint density at radius 2 is 1.87 bits per heavy atom. The van der Waals surface area contributed by atoms with Gasteiger partial charge in [-0.3, -0.25) is 9.69 Å². The largest absolute Gasteiger partial charge is 0.459 e. The van der Waals surface area contributed by atoms with Gasteiger partial charge < -0.3 is 4.74 Å². The summed E-state index contributed by atoms with van der Waals surface area (Å²) < 4.78 is 5.59. The molecule has 0 atom stereocenters. The molecule has 0 saturated heterocycles. The van der Waals surface area contributed by atoms with Crippen molar-refractivity contribution >= 4 is 5.97 Å². The summed E-state index contributed by atoms with van der Waals surface area (Å²) in [6.45, 7) is 7.05. The summed E-state index contributed by atoms with van der Waals surface area (Å²) in [7, 11) is 0. The molecule has 23 heavy (non-hydrogen) atoms. The van der Waals surface area contributed by atoms with E-state index in [1.54, 1.807) is 0 Å². The van der Waals surface area contributed by atoms with Crippen molar-refractivity contribution in [2.24, 2.45) is 5.92 Å². The van der Waals surface area contributed by atoms with Crippen LogP contribution in [-0.2, 0) is 16.1 Å². The molecule has 0 amide bonds. The molecule has 2 fully saturated rings. The Kier molecular flexibility index (Phi) is 4.50. The van der Waals surface area contributed by atoms with Crippen molar-refractivity contribution < 1.29 is 9.53 Å². The normalized spacial score (nSPS) is 26.7. The first-order valence-corrected chi connectivity index (χ1v) is 8.87. The molecule has 2 bridgehead atoms. The van der Waals surface area contributed by atoms with E-state index in [2.05, 4.69) is 29.2 Å². The van der Waals surface area contributed by atoms with E-state index in [0.29, 0.717) is 6.54 Å². The van der Waals surface area contributed by atoms with Crippen molar-refractivity contribution in [3.05, 3.63) is 35.9 Å². The summed E-state index contributed by atoms with van der Waals surface area (Å²) in [5.41, 5.74) is 1.08. The van der Waals surface area contributed by atoms with Crippen molar-refractivity contribution in [3.8, 4) is 0 Å². The van der Waals surface area contributed by atoms with Gasteiger partial charge in [0.1, 0.15) is 5.60 Å². The molecule has 2 saturated carbocycles. The van der Waals surface area contributed by atoms with Crippen LogP contribution in [0, 0.1) is 5.92 Å². The van der Waals surface area contributed by atoms with E-state index in [1.807, 2.05) is 26.8 Å². The molecular weight excluding hydrogens is 286 g/mol. The Bertz CT molecular complexity index is 539. The smallest absolute Gasteiger partial charge is 0.320 e. The second-order valence-corrected chi connectivity index (χ2v) is 8.30. The Morgan fingerprint density at radius 1 is 1.22 bits per heavy atom. The monoisotopic (exact) mass is 315 g/mol. The molecular formula is C20H29NO2. The lowest BCUT2D eigenvalue weighted by atomic mass is 9.91. The molecule has 0 N–H and O–H groups in total. The van der Waals surface area contributed by atoms with Crippen LogP contribution in [0.25, 0.3) is 0 Å². The van der Waals surface area contributed by atoms with Crippen molar-refractivity contribution in [2.75, 3.05) is 6.54 Å². The number of benzene rings is 1. The average Bonchev–Trinajstić information content (AvgIpc) is 3.07. The number of nitrogens with zero attached hydrogens (tertiary/aromatic N) is 1. The minimum atomic E-state index is -0.416. The molecule has 2 aliphatic rings. The van der Waals surface area contributed by atoms with Gasteiger partial charge in [-0.25, -0.2) is 0 Å². The first kappa shape index (κ1) is 16.5. The predicted octanol–water partition coefficient (Wildman–Crippen LogP) is 4.16. The number of esters is 1. The molecule has 126 valence electrons. The van der Waals surface area contributed by atoms with Gasteiger partial charge in [-0.1, -0.05) is 30.3 Å². The number of hydrogen-bond donors (Lipinski definition) is 0. The Balaban J connectivity index is 1.75. The van der Waals surface area contributed by atoms with Gasteiger partial charge >= 0.3 is 5.97 Å². The first-order valence-electron chi connectivity index (χ1n) is 8.87. The van der Waals surface area contributed by atoms with Crippen molar-refractivity contribution in [3.63, 3.8) is 0 Å². The highest BCUT2D eigenvalue weighted by Gasteiger charge is 2.49. The number of carbonyl (C=O) groups excluding carboxylic acids is 1. The summed E-state index contributed by atoms with van der Waals surface area (Å²) in [4.78, 5) is 14.8. The average molecular weight is 315 g/mol. The van der Waals surface area contributed by atoms with Crippen LogP contribution in [0.5, 0.6) is 0 Å². The molecule has 0 radical (unpaired) electrons. The topological polar surface area (TPSA) is 29.5 Å². The van der Waals surface area contributed by atoms with Gasteiger partial charge in [0.15, 0.2) is 0 Å². The lowest BCUT2D eigenvalue weighted by Gasteiger charge is -2.40. The fourth-order valence-electron chi connectivity index (χ4n) is 4.33. The molecule has 0 heterocycles. The molecule has 0 spiro atoms. The molecule has 0 aromatic heterocycles. The molecule has 0 unspecified atom stereocenters. The summed E-state index contributed by atoms with van der Waals surface area (Å²) in [5, 5.41) is 0. The van der Waals surface area contributed by atoms with E-state index < -0.39 is 5.60 Å². The molecule has 0 aliphatic heterocycles. The highest BCUT2D eigenvalue weighted by atomic mass is 16.6. The van der Waals surface area contributed by atoms with Gasteiger partial charge in [0.2, 0.25) is 0 Å². The van der Waals surface area contributed by atoms with Gasteiger partial charge in [0.25, 0.3) is 0 Å². The molecule has 3 heteroatoms. The lowest BCUT2D eigenvalue weighted by molar-refractivity contribution is -0.158.